The van der Waals surface area contributed by atoms with Gasteiger partial charge >= 0.3 is 0 Å². The summed E-state index contributed by atoms with van der Waals surface area (Å²) in [6, 6.07) is 0.153. The molecule has 0 fully saturated rings. The number of hydrogen-bond donors (Lipinski definition) is 1. The molecule has 0 aliphatic heterocycles. The summed E-state index contributed by atoms with van der Waals surface area (Å²) in [5.74, 6) is 1.03. The molecule has 74 valence electrons. The smallest absolute Gasteiger partial charge is 0.0328 e. The molecule has 0 aromatic heterocycles. The second-order valence-corrected chi connectivity index (χ2v) is 4.10. The lowest BCUT2D eigenvalue weighted by Crippen LogP contribution is -2.31. The van der Waals surface area contributed by atoms with Crippen LogP contribution in [-0.4, -0.2) is 6.04 Å². The second-order valence-electron chi connectivity index (χ2n) is 4.10. The molecule has 0 saturated carbocycles. The van der Waals surface area contributed by atoms with E-state index in [-0.39, 0.29) is 6.04 Å². The monoisotopic (exact) mass is 187 g/mol. The minimum absolute atomic E-state index is 0.153. The highest BCUT2D eigenvalue weighted by Gasteiger charge is 2.23. The van der Waals surface area contributed by atoms with E-state index in [0.29, 0.717) is 11.8 Å². The van der Waals surface area contributed by atoms with Gasteiger partial charge in [0.2, 0.25) is 0 Å². The van der Waals surface area contributed by atoms with Crippen LogP contribution in [-0.2, 0) is 0 Å². The van der Waals surface area contributed by atoms with Crippen LogP contribution >= 0.6 is 0 Å². The van der Waals surface area contributed by atoms with Gasteiger partial charge in [-0.15, -0.1) is 0 Å². The van der Waals surface area contributed by atoms with Gasteiger partial charge in [-0.3, -0.25) is 0 Å². The number of hydrogen-bond acceptors (Lipinski definition) is 1. The van der Waals surface area contributed by atoms with Crippen molar-refractivity contribution in [2.24, 2.45) is 17.6 Å². The van der Waals surface area contributed by atoms with Gasteiger partial charge in [0.1, 0.15) is 0 Å². The third-order valence-corrected chi connectivity index (χ3v) is 3.05. The molecule has 14 heavy (non-hydrogen) atoms. The van der Waals surface area contributed by atoms with Crippen LogP contribution in [0, 0.1) is 11.8 Å². The average Bonchev–Trinajstić information content (AvgIpc) is 2.20. The molecule has 2 aliphatic rings. The zero-order valence-electron chi connectivity index (χ0n) is 8.56. The third-order valence-electron chi connectivity index (χ3n) is 3.05. The Morgan fingerprint density at radius 3 is 2.71 bits per heavy atom. The van der Waals surface area contributed by atoms with Gasteiger partial charge in [0.05, 0.1) is 0 Å². The Hall–Kier alpha value is -1.08. The van der Waals surface area contributed by atoms with E-state index in [1.54, 1.807) is 0 Å². The molecule has 3 unspecified atom stereocenters. The lowest BCUT2D eigenvalue weighted by atomic mass is 9.79. The summed E-state index contributed by atoms with van der Waals surface area (Å²) in [6.45, 7) is 2.27. The van der Waals surface area contributed by atoms with E-state index in [1.165, 1.54) is 5.57 Å². The van der Waals surface area contributed by atoms with E-state index in [0.717, 1.165) is 6.42 Å². The van der Waals surface area contributed by atoms with Gasteiger partial charge < -0.3 is 5.73 Å². The maximum absolute atomic E-state index is 6.07. The Balaban J connectivity index is 2.21. The topological polar surface area (TPSA) is 26.0 Å². The minimum Gasteiger partial charge on any atom is -0.324 e. The minimum atomic E-state index is 0.153. The van der Waals surface area contributed by atoms with Crippen molar-refractivity contribution in [3.8, 4) is 0 Å². The van der Waals surface area contributed by atoms with Crippen LogP contribution in [0.25, 0.3) is 0 Å². The first-order chi connectivity index (χ1) is 6.79. The lowest BCUT2D eigenvalue weighted by Gasteiger charge is -2.28. The largest absolute Gasteiger partial charge is 0.324 e. The van der Waals surface area contributed by atoms with Crippen LogP contribution in [0.4, 0.5) is 0 Å². The highest BCUT2D eigenvalue weighted by molar-refractivity contribution is 5.32. The van der Waals surface area contributed by atoms with E-state index in [4.69, 9.17) is 5.73 Å². The molecule has 0 aromatic rings. The molecular weight excluding hydrogens is 170 g/mol. The fraction of sp³-hybridized carbons (Fsp3) is 0.385. The summed E-state index contributed by atoms with van der Waals surface area (Å²) in [4.78, 5) is 0. The maximum atomic E-state index is 6.07. The molecule has 0 bridgehead atoms. The highest BCUT2D eigenvalue weighted by Crippen LogP contribution is 2.30. The van der Waals surface area contributed by atoms with E-state index in [9.17, 15) is 0 Å². The lowest BCUT2D eigenvalue weighted by molar-refractivity contribution is 0.546. The molecule has 0 spiro atoms. The van der Waals surface area contributed by atoms with Crippen molar-refractivity contribution >= 4 is 0 Å². The van der Waals surface area contributed by atoms with Gasteiger partial charge in [-0.05, 0) is 12.3 Å². The molecule has 1 heteroatoms. The van der Waals surface area contributed by atoms with Crippen LogP contribution in [0.5, 0.6) is 0 Å². The predicted octanol–water partition coefficient (Wildman–Crippen LogP) is 2.58. The van der Waals surface area contributed by atoms with Gasteiger partial charge in [-0.25, -0.2) is 0 Å². The van der Waals surface area contributed by atoms with E-state index in [2.05, 4.69) is 43.4 Å². The molecule has 0 radical (unpaired) electrons. The first-order valence-electron chi connectivity index (χ1n) is 5.26. The number of nitrogens with two attached hydrogens (primary N) is 1. The molecule has 0 aromatic carbocycles. The molecule has 0 saturated heterocycles. The Bertz CT molecular complexity index is 320. The fourth-order valence-corrected chi connectivity index (χ4v) is 2.16. The van der Waals surface area contributed by atoms with Crippen LogP contribution < -0.4 is 5.73 Å². The Morgan fingerprint density at radius 2 is 2.00 bits per heavy atom. The normalized spacial score (nSPS) is 35.9. The summed E-state index contributed by atoms with van der Waals surface area (Å²) >= 11 is 0. The predicted molar refractivity (Wildman–Crippen MR) is 60.7 cm³/mol. The molecule has 0 heterocycles. The summed E-state index contributed by atoms with van der Waals surface area (Å²) in [7, 11) is 0. The van der Waals surface area contributed by atoms with Crippen LogP contribution in [0.3, 0.4) is 0 Å². The summed E-state index contributed by atoms with van der Waals surface area (Å²) in [5, 5.41) is 0. The molecular formula is C13H17N. The summed E-state index contributed by atoms with van der Waals surface area (Å²) in [6.07, 6.45) is 16.2. The van der Waals surface area contributed by atoms with Crippen molar-refractivity contribution in [2.45, 2.75) is 19.4 Å². The van der Waals surface area contributed by atoms with E-state index >= 15 is 0 Å². The van der Waals surface area contributed by atoms with Crippen molar-refractivity contribution in [1.29, 1.82) is 0 Å². The molecule has 1 nitrogen and oxygen atoms in total. The Kier molecular flexibility index (Phi) is 2.69. The first-order valence-corrected chi connectivity index (χ1v) is 5.26. The van der Waals surface area contributed by atoms with Crippen molar-refractivity contribution in [3.63, 3.8) is 0 Å². The van der Waals surface area contributed by atoms with Crippen molar-refractivity contribution in [1.82, 2.24) is 0 Å². The van der Waals surface area contributed by atoms with Crippen LogP contribution in [0.15, 0.2) is 48.1 Å². The third kappa shape index (κ3) is 1.73. The Labute approximate surface area is 85.7 Å². The van der Waals surface area contributed by atoms with Gasteiger partial charge in [0.15, 0.2) is 0 Å². The fourth-order valence-electron chi connectivity index (χ4n) is 2.16. The standard InChI is InChI=1S/C13H17N/c1-10-6-2-3-7-11(10)12-8-4-5-9-13(12)14/h2-5,7-10,12-13H,6,14H2,1H3. The zero-order chi connectivity index (χ0) is 9.97. The molecule has 2 rings (SSSR count). The van der Waals surface area contributed by atoms with Gasteiger partial charge in [-0.2, -0.15) is 0 Å². The second kappa shape index (κ2) is 3.97. The SMILES string of the molecule is CC1CC=CC=C1C1C=CC=CC1N. The summed E-state index contributed by atoms with van der Waals surface area (Å²) in [5.41, 5.74) is 7.54. The quantitative estimate of drug-likeness (QED) is 0.671. The molecule has 2 N–H and O–H groups in total. The molecule has 0 amide bonds. The zero-order valence-corrected chi connectivity index (χ0v) is 8.56. The van der Waals surface area contributed by atoms with Crippen molar-refractivity contribution in [3.05, 3.63) is 48.1 Å². The van der Waals surface area contributed by atoms with Gasteiger partial charge in [0.25, 0.3) is 0 Å². The maximum Gasteiger partial charge on any atom is 0.0328 e. The van der Waals surface area contributed by atoms with Crippen LogP contribution in [0.2, 0.25) is 0 Å². The highest BCUT2D eigenvalue weighted by atomic mass is 14.6. The van der Waals surface area contributed by atoms with Gasteiger partial charge in [0, 0.05) is 12.0 Å². The molecule has 2 aliphatic carbocycles. The first kappa shape index (κ1) is 9.47. The van der Waals surface area contributed by atoms with E-state index < -0.39 is 0 Å². The van der Waals surface area contributed by atoms with E-state index in [1.807, 2.05) is 6.08 Å². The van der Waals surface area contributed by atoms with Gasteiger partial charge in [-0.1, -0.05) is 55.0 Å². The molecule has 3 atom stereocenters. The Morgan fingerprint density at radius 1 is 1.21 bits per heavy atom. The van der Waals surface area contributed by atoms with Crippen molar-refractivity contribution in [2.75, 3.05) is 0 Å². The number of allylic oxidation sites excluding steroid dienone is 5. The summed E-state index contributed by atoms with van der Waals surface area (Å²) < 4.78 is 0. The average molecular weight is 187 g/mol. The van der Waals surface area contributed by atoms with Crippen molar-refractivity contribution < 1.29 is 0 Å². The van der Waals surface area contributed by atoms with Crippen LogP contribution in [0.1, 0.15) is 13.3 Å². The number of rotatable bonds is 1.